The molecular formula is C30H27ClF3NO3. The molecule has 2 unspecified atom stereocenters. The number of nitrogens with one attached hydrogen (secondary N) is 1. The molecule has 4 nitrogen and oxygen atoms in total. The average molecular weight is 542 g/mol. The van der Waals surface area contributed by atoms with E-state index in [1.807, 2.05) is 42.5 Å². The Bertz CT molecular complexity index is 1450. The van der Waals surface area contributed by atoms with E-state index >= 15 is 0 Å². The summed E-state index contributed by atoms with van der Waals surface area (Å²) in [5, 5.41) is 15.1. The lowest BCUT2D eigenvalue weighted by atomic mass is 9.83. The van der Waals surface area contributed by atoms with Crippen LogP contribution in [0.2, 0.25) is 0 Å². The van der Waals surface area contributed by atoms with Gasteiger partial charge in [0.1, 0.15) is 11.9 Å². The van der Waals surface area contributed by atoms with Gasteiger partial charge in [0.05, 0.1) is 11.1 Å². The Balaban J connectivity index is 0.00000336. The molecule has 0 saturated heterocycles. The van der Waals surface area contributed by atoms with Crippen molar-refractivity contribution in [2.24, 2.45) is 0 Å². The van der Waals surface area contributed by atoms with Crippen molar-refractivity contribution < 1.29 is 27.8 Å². The van der Waals surface area contributed by atoms with Gasteiger partial charge in [-0.2, -0.15) is 13.2 Å². The third kappa shape index (κ3) is 5.49. The van der Waals surface area contributed by atoms with Crippen molar-refractivity contribution >= 4 is 29.1 Å². The van der Waals surface area contributed by atoms with Gasteiger partial charge >= 0.3 is 12.1 Å². The molecule has 3 atom stereocenters. The lowest BCUT2D eigenvalue weighted by molar-refractivity contribution is -0.138. The van der Waals surface area contributed by atoms with Gasteiger partial charge in [0, 0.05) is 24.1 Å². The van der Waals surface area contributed by atoms with Crippen LogP contribution in [0.25, 0.3) is 10.8 Å². The van der Waals surface area contributed by atoms with Crippen LogP contribution >= 0.6 is 12.4 Å². The van der Waals surface area contributed by atoms with Crippen molar-refractivity contribution in [3.8, 4) is 5.75 Å². The first-order chi connectivity index (χ1) is 17.7. The highest BCUT2D eigenvalue weighted by Gasteiger charge is 2.37. The number of para-hydroxylation sites is 1. The van der Waals surface area contributed by atoms with Crippen molar-refractivity contribution in [1.29, 1.82) is 0 Å². The van der Waals surface area contributed by atoms with E-state index in [0.29, 0.717) is 24.3 Å². The van der Waals surface area contributed by atoms with Gasteiger partial charge in [-0.1, -0.05) is 66.7 Å². The molecule has 0 aliphatic carbocycles. The zero-order valence-electron chi connectivity index (χ0n) is 20.5. The lowest BCUT2D eigenvalue weighted by Gasteiger charge is -2.34. The first-order valence-corrected chi connectivity index (χ1v) is 12.1. The summed E-state index contributed by atoms with van der Waals surface area (Å²) in [7, 11) is 0. The number of carboxylic acid groups (broad SMARTS) is 1. The average Bonchev–Trinajstić information content (AvgIpc) is 2.90. The first-order valence-electron chi connectivity index (χ1n) is 12.1. The van der Waals surface area contributed by atoms with Crippen LogP contribution in [-0.2, 0) is 6.18 Å². The number of carboxylic acids is 1. The molecule has 4 aromatic rings. The van der Waals surface area contributed by atoms with Crippen molar-refractivity contribution in [3.05, 3.63) is 113 Å². The van der Waals surface area contributed by atoms with E-state index in [-0.39, 0.29) is 30.5 Å². The molecule has 0 fully saturated rings. The molecule has 2 N–H and O–H groups in total. The summed E-state index contributed by atoms with van der Waals surface area (Å²) in [6.07, 6.45) is -4.61. The molecule has 1 aliphatic heterocycles. The van der Waals surface area contributed by atoms with Crippen molar-refractivity contribution in [2.75, 3.05) is 6.54 Å². The Morgan fingerprint density at radius 2 is 1.74 bits per heavy atom. The number of alkyl halides is 3. The van der Waals surface area contributed by atoms with E-state index in [1.54, 1.807) is 0 Å². The third-order valence-electron chi connectivity index (χ3n) is 7.01. The smallest absolute Gasteiger partial charge is 0.417 e. The monoisotopic (exact) mass is 541 g/mol. The lowest BCUT2D eigenvalue weighted by Crippen LogP contribution is -2.37. The molecule has 1 heterocycles. The van der Waals surface area contributed by atoms with Crippen LogP contribution in [0.3, 0.4) is 0 Å². The number of fused-ring (bicyclic) bond motifs is 2. The zero-order chi connectivity index (χ0) is 26.2. The fourth-order valence-electron chi connectivity index (χ4n) is 5.18. The van der Waals surface area contributed by atoms with Gasteiger partial charge < -0.3 is 15.2 Å². The highest BCUT2D eigenvalue weighted by molar-refractivity contribution is 5.90. The van der Waals surface area contributed by atoms with Gasteiger partial charge in [-0.25, -0.2) is 4.79 Å². The molecule has 1 aliphatic rings. The van der Waals surface area contributed by atoms with Gasteiger partial charge in [-0.3, -0.25) is 0 Å². The second kappa shape index (κ2) is 11.1. The predicted molar refractivity (Wildman–Crippen MR) is 143 cm³/mol. The van der Waals surface area contributed by atoms with Crippen LogP contribution in [0.15, 0.2) is 84.9 Å². The maximum atomic E-state index is 13.7. The number of aromatic carboxylic acids is 1. The molecule has 8 heteroatoms. The van der Waals surface area contributed by atoms with Crippen LogP contribution in [0.1, 0.15) is 57.9 Å². The Morgan fingerprint density at radius 3 is 2.50 bits per heavy atom. The van der Waals surface area contributed by atoms with Crippen molar-refractivity contribution in [3.63, 3.8) is 0 Å². The fraction of sp³-hybridized carbons (Fsp3) is 0.233. The number of carbonyl (C=O) groups is 1. The minimum atomic E-state index is -4.77. The van der Waals surface area contributed by atoms with Gasteiger partial charge in [0.25, 0.3) is 0 Å². The van der Waals surface area contributed by atoms with Gasteiger partial charge in [-0.15, -0.1) is 12.4 Å². The summed E-state index contributed by atoms with van der Waals surface area (Å²) in [5.74, 6) is -1.34. The van der Waals surface area contributed by atoms with Crippen molar-refractivity contribution in [1.82, 2.24) is 5.32 Å². The van der Waals surface area contributed by atoms with E-state index in [2.05, 4.69) is 36.5 Å². The number of halogens is 4. The molecular weight excluding hydrogens is 515 g/mol. The van der Waals surface area contributed by atoms with Gasteiger partial charge in [0.15, 0.2) is 0 Å². The summed E-state index contributed by atoms with van der Waals surface area (Å²) < 4.78 is 47.4. The van der Waals surface area contributed by atoms with E-state index in [9.17, 15) is 23.1 Å². The largest absolute Gasteiger partial charge is 0.489 e. The highest BCUT2D eigenvalue weighted by atomic mass is 35.5. The Labute approximate surface area is 224 Å². The minimum absolute atomic E-state index is 0. The fourth-order valence-corrected chi connectivity index (χ4v) is 5.18. The molecule has 38 heavy (non-hydrogen) atoms. The number of ether oxygens (including phenoxy) is 1. The summed E-state index contributed by atoms with van der Waals surface area (Å²) in [4.78, 5) is 11.4. The third-order valence-corrected chi connectivity index (χ3v) is 7.01. The highest BCUT2D eigenvalue weighted by Crippen LogP contribution is 2.42. The molecule has 0 aromatic heterocycles. The molecule has 0 spiro atoms. The SMILES string of the molecule is C[C@@H](NCC1CC(c2ccc(C(=O)O)c(C(F)(F)F)c2)c2ccccc2O1)c1cccc2ccccc12.Cl. The van der Waals surface area contributed by atoms with Gasteiger partial charge in [0.2, 0.25) is 0 Å². The van der Waals surface area contributed by atoms with Crippen LogP contribution in [0.5, 0.6) is 5.75 Å². The van der Waals surface area contributed by atoms with Crippen molar-refractivity contribution in [2.45, 2.75) is 37.6 Å². The maximum absolute atomic E-state index is 13.7. The predicted octanol–water partition coefficient (Wildman–Crippen LogP) is 7.61. The molecule has 5 rings (SSSR count). The van der Waals surface area contributed by atoms with E-state index in [0.717, 1.165) is 34.0 Å². The Hall–Kier alpha value is -3.55. The number of benzene rings is 4. The second-order valence-corrected chi connectivity index (χ2v) is 9.37. The first kappa shape index (κ1) is 27.5. The second-order valence-electron chi connectivity index (χ2n) is 9.37. The summed E-state index contributed by atoms with van der Waals surface area (Å²) in [6, 6.07) is 25.2. The summed E-state index contributed by atoms with van der Waals surface area (Å²) >= 11 is 0. The molecule has 198 valence electrons. The molecule has 0 radical (unpaired) electrons. The van der Waals surface area contributed by atoms with Crippen LogP contribution < -0.4 is 10.1 Å². The Morgan fingerprint density at radius 1 is 1.03 bits per heavy atom. The molecule has 0 bridgehead atoms. The van der Waals surface area contributed by atoms with E-state index in [4.69, 9.17) is 4.74 Å². The molecule has 4 aromatic carbocycles. The standard InChI is InChI=1S/C30H26F3NO3.ClH/c1-18(22-11-6-8-19-7-2-3-9-23(19)22)34-17-21-16-26(24-10-4-5-12-28(24)37-21)20-13-14-25(29(35)36)27(15-20)30(31,32)33;/h2-15,18,21,26,34H,16-17H2,1H3,(H,35,36);1H/t18-,21?,26?;/m1./s1. The zero-order valence-corrected chi connectivity index (χ0v) is 21.4. The number of hydrogen-bond acceptors (Lipinski definition) is 3. The molecule has 0 amide bonds. The molecule has 0 saturated carbocycles. The summed E-state index contributed by atoms with van der Waals surface area (Å²) in [6.45, 7) is 2.57. The van der Waals surface area contributed by atoms with E-state index < -0.39 is 23.3 Å². The Kier molecular flexibility index (Phi) is 7.99. The number of rotatable bonds is 6. The number of hydrogen-bond donors (Lipinski definition) is 2. The van der Waals surface area contributed by atoms with Crippen LogP contribution in [0, 0.1) is 0 Å². The van der Waals surface area contributed by atoms with E-state index in [1.165, 1.54) is 6.07 Å². The minimum Gasteiger partial charge on any atom is -0.489 e. The van der Waals surface area contributed by atoms with Crippen LogP contribution in [-0.4, -0.2) is 23.7 Å². The van der Waals surface area contributed by atoms with Crippen LogP contribution in [0.4, 0.5) is 13.2 Å². The van der Waals surface area contributed by atoms with Gasteiger partial charge in [-0.05, 0) is 53.4 Å². The topological polar surface area (TPSA) is 58.6 Å². The normalized spacial score (nSPS) is 17.7. The summed E-state index contributed by atoms with van der Waals surface area (Å²) in [5.41, 5.74) is 0.474. The quantitative estimate of drug-likeness (QED) is 0.264. The maximum Gasteiger partial charge on any atom is 0.417 e.